The van der Waals surface area contributed by atoms with Gasteiger partial charge in [0.05, 0.1) is 24.8 Å². The van der Waals surface area contributed by atoms with Gasteiger partial charge in [0, 0.05) is 24.5 Å². The molecule has 1 aliphatic heterocycles. The van der Waals surface area contributed by atoms with Gasteiger partial charge in [-0.1, -0.05) is 12.1 Å². The average molecular weight is 339 g/mol. The number of aryl methyl sites for hydroxylation is 1. The second-order valence-electron chi connectivity index (χ2n) is 7.08. The number of rotatable bonds is 5. The fourth-order valence-corrected chi connectivity index (χ4v) is 3.98. The number of likely N-dealkylation sites (tertiary alicyclic amines) is 1. The number of aromatic amines is 1. The van der Waals surface area contributed by atoms with Gasteiger partial charge in [-0.3, -0.25) is 9.69 Å². The topological polar surface area (TPSA) is 57.4 Å². The summed E-state index contributed by atoms with van der Waals surface area (Å²) in [6, 6.07) is 11.1. The summed E-state index contributed by atoms with van der Waals surface area (Å²) in [5.74, 6) is 0.876. The Bertz CT molecular complexity index is 766. The van der Waals surface area contributed by atoms with Crippen molar-refractivity contribution in [2.45, 2.75) is 44.3 Å². The Hall–Kier alpha value is -2.27. The minimum absolute atomic E-state index is 0.00860. The molecule has 2 fully saturated rings. The van der Waals surface area contributed by atoms with Gasteiger partial charge in [0.2, 0.25) is 0 Å². The molecule has 2 aromatic rings. The Balaban J connectivity index is 1.59. The van der Waals surface area contributed by atoms with Gasteiger partial charge >= 0.3 is 0 Å². The van der Waals surface area contributed by atoms with Crippen molar-refractivity contribution in [2.75, 3.05) is 13.7 Å². The molecule has 2 N–H and O–H groups in total. The van der Waals surface area contributed by atoms with Gasteiger partial charge in [-0.2, -0.15) is 0 Å². The monoisotopic (exact) mass is 339 g/mol. The molecule has 1 amide bonds. The second kappa shape index (κ2) is 6.56. The molecule has 4 rings (SSSR count). The molecule has 0 bridgehead atoms. The van der Waals surface area contributed by atoms with E-state index in [1.807, 2.05) is 31.3 Å². The van der Waals surface area contributed by atoms with Gasteiger partial charge in [0.15, 0.2) is 0 Å². The molecule has 1 aliphatic carbocycles. The number of hydrogen-bond donors (Lipinski definition) is 2. The molecule has 25 heavy (non-hydrogen) atoms. The Morgan fingerprint density at radius 1 is 1.28 bits per heavy atom. The maximum atomic E-state index is 12.7. The lowest BCUT2D eigenvalue weighted by Crippen LogP contribution is -2.40. The first-order chi connectivity index (χ1) is 12.2. The van der Waals surface area contributed by atoms with Crippen molar-refractivity contribution in [3.63, 3.8) is 0 Å². The SMILES string of the molecule is COc1cccc([C@H]2[C@H](NC(=O)c3cc[nH]c3C)CCN2C2CC2)c1. The zero-order valence-electron chi connectivity index (χ0n) is 14.8. The number of hydrogen-bond acceptors (Lipinski definition) is 3. The van der Waals surface area contributed by atoms with E-state index in [0.717, 1.165) is 30.0 Å². The van der Waals surface area contributed by atoms with Crippen molar-refractivity contribution in [1.82, 2.24) is 15.2 Å². The summed E-state index contributed by atoms with van der Waals surface area (Å²) >= 11 is 0. The zero-order valence-corrected chi connectivity index (χ0v) is 14.8. The normalized spacial score (nSPS) is 23.6. The molecule has 1 aromatic heterocycles. The fourth-order valence-electron chi connectivity index (χ4n) is 3.98. The second-order valence-corrected chi connectivity index (χ2v) is 7.08. The minimum atomic E-state index is 0.00860. The van der Waals surface area contributed by atoms with Gasteiger partial charge in [-0.05, 0) is 49.9 Å². The van der Waals surface area contributed by atoms with E-state index in [2.05, 4.69) is 27.3 Å². The summed E-state index contributed by atoms with van der Waals surface area (Å²) in [5, 5.41) is 3.28. The third kappa shape index (κ3) is 3.16. The van der Waals surface area contributed by atoms with E-state index in [1.54, 1.807) is 7.11 Å². The molecule has 5 heteroatoms. The number of ether oxygens (including phenoxy) is 1. The fraction of sp³-hybridized carbons (Fsp3) is 0.450. The van der Waals surface area contributed by atoms with Crippen LogP contribution in [0.3, 0.4) is 0 Å². The van der Waals surface area contributed by atoms with E-state index in [1.165, 1.54) is 18.4 Å². The molecule has 1 saturated heterocycles. The van der Waals surface area contributed by atoms with E-state index in [9.17, 15) is 4.79 Å². The van der Waals surface area contributed by atoms with Crippen LogP contribution in [0.5, 0.6) is 5.75 Å². The first-order valence-electron chi connectivity index (χ1n) is 9.02. The van der Waals surface area contributed by atoms with Crippen molar-refractivity contribution >= 4 is 5.91 Å². The zero-order chi connectivity index (χ0) is 17.4. The molecule has 0 radical (unpaired) electrons. The summed E-state index contributed by atoms with van der Waals surface area (Å²) in [6.45, 7) is 2.96. The lowest BCUT2D eigenvalue weighted by Gasteiger charge is -2.29. The van der Waals surface area contributed by atoms with Crippen LogP contribution in [0.25, 0.3) is 0 Å². The molecule has 0 spiro atoms. The van der Waals surface area contributed by atoms with Crippen LogP contribution in [0, 0.1) is 6.92 Å². The highest BCUT2D eigenvalue weighted by Crippen LogP contribution is 2.41. The minimum Gasteiger partial charge on any atom is -0.497 e. The third-order valence-electron chi connectivity index (χ3n) is 5.40. The van der Waals surface area contributed by atoms with Crippen LogP contribution in [0.2, 0.25) is 0 Å². The summed E-state index contributed by atoms with van der Waals surface area (Å²) < 4.78 is 5.41. The molecule has 0 unspecified atom stereocenters. The lowest BCUT2D eigenvalue weighted by molar-refractivity contribution is 0.0923. The Morgan fingerprint density at radius 3 is 2.80 bits per heavy atom. The molecule has 132 valence electrons. The summed E-state index contributed by atoms with van der Waals surface area (Å²) in [6.07, 6.45) is 5.32. The maximum Gasteiger partial charge on any atom is 0.253 e. The van der Waals surface area contributed by atoms with Crippen molar-refractivity contribution in [1.29, 1.82) is 0 Å². The smallest absolute Gasteiger partial charge is 0.253 e. The van der Waals surface area contributed by atoms with E-state index < -0.39 is 0 Å². The van der Waals surface area contributed by atoms with Crippen molar-refractivity contribution in [3.05, 3.63) is 53.3 Å². The van der Waals surface area contributed by atoms with Crippen LogP contribution in [0.15, 0.2) is 36.5 Å². The van der Waals surface area contributed by atoms with Gasteiger partial charge in [0.1, 0.15) is 5.75 Å². The molecule has 5 nitrogen and oxygen atoms in total. The van der Waals surface area contributed by atoms with Crippen LogP contribution in [-0.4, -0.2) is 41.5 Å². The highest BCUT2D eigenvalue weighted by Gasteiger charge is 2.43. The Kier molecular flexibility index (Phi) is 4.25. The quantitative estimate of drug-likeness (QED) is 0.880. The number of nitrogens with one attached hydrogen (secondary N) is 2. The summed E-state index contributed by atoms with van der Waals surface area (Å²) in [4.78, 5) is 18.3. The van der Waals surface area contributed by atoms with Crippen LogP contribution < -0.4 is 10.1 Å². The first-order valence-corrected chi connectivity index (χ1v) is 9.02. The number of H-pyrrole nitrogens is 1. The van der Waals surface area contributed by atoms with Crippen molar-refractivity contribution < 1.29 is 9.53 Å². The van der Waals surface area contributed by atoms with E-state index >= 15 is 0 Å². The number of carbonyl (C=O) groups excluding carboxylic acids is 1. The van der Waals surface area contributed by atoms with Crippen molar-refractivity contribution in [2.24, 2.45) is 0 Å². The number of aromatic nitrogens is 1. The molecular formula is C20H25N3O2. The van der Waals surface area contributed by atoms with Gasteiger partial charge in [-0.25, -0.2) is 0 Å². The van der Waals surface area contributed by atoms with Gasteiger partial charge in [0.25, 0.3) is 5.91 Å². The molecule has 2 heterocycles. The summed E-state index contributed by atoms with van der Waals surface area (Å²) in [7, 11) is 1.69. The Labute approximate surface area is 148 Å². The van der Waals surface area contributed by atoms with Gasteiger partial charge in [-0.15, -0.1) is 0 Å². The van der Waals surface area contributed by atoms with Crippen LogP contribution >= 0.6 is 0 Å². The molecule has 1 saturated carbocycles. The average Bonchev–Trinajstić information content (AvgIpc) is 3.25. The van der Waals surface area contributed by atoms with Crippen LogP contribution in [-0.2, 0) is 0 Å². The highest BCUT2D eigenvalue weighted by molar-refractivity contribution is 5.95. The molecular weight excluding hydrogens is 314 g/mol. The van der Waals surface area contributed by atoms with Gasteiger partial charge < -0.3 is 15.0 Å². The maximum absolute atomic E-state index is 12.7. The molecule has 2 atom stereocenters. The molecule has 2 aliphatic rings. The molecule has 1 aromatic carbocycles. The predicted octanol–water partition coefficient (Wildman–Crippen LogP) is 3.04. The lowest BCUT2D eigenvalue weighted by atomic mass is 9.99. The van der Waals surface area contributed by atoms with Crippen molar-refractivity contribution in [3.8, 4) is 5.75 Å². The van der Waals surface area contributed by atoms with E-state index in [4.69, 9.17) is 4.74 Å². The summed E-state index contributed by atoms with van der Waals surface area (Å²) in [5.41, 5.74) is 2.86. The first kappa shape index (κ1) is 16.2. The van der Waals surface area contributed by atoms with E-state index in [-0.39, 0.29) is 18.0 Å². The number of carbonyl (C=O) groups is 1. The predicted molar refractivity (Wildman–Crippen MR) is 96.9 cm³/mol. The number of nitrogens with zero attached hydrogens (tertiary/aromatic N) is 1. The standard InChI is InChI=1S/C20H25N3O2/c1-13-17(8-10-21-13)20(24)22-18-9-11-23(15-6-7-15)19(18)14-4-3-5-16(12-14)25-2/h3-5,8,10,12,15,18-19,21H,6-7,9,11H2,1-2H3,(H,22,24)/t18-,19+/m1/s1. The number of amides is 1. The number of benzene rings is 1. The number of methoxy groups -OCH3 is 1. The van der Waals surface area contributed by atoms with Crippen LogP contribution in [0.1, 0.15) is 46.9 Å². The highest BCUT2D eigenvalue weighted by atomic mass is 16.5. The van der Waals surface area contributed by atoms with E-state index in [0.29, 0.717) is 6.04 Å². The largest absolute Gasteiger partial charge is 0.497 e. The van der Waals surface area contributed by atoms with Crippen LogP contribution in [0.4, 0.5) is 0 Å². The third-order valence-corrected chi connectivity index (χ3v) is 5.40. The Morgan fingerprint density at radius 2 is 2.12 bits per heavy atom.